The Morgan fingerprint density at radius 1 is 1.37 bits per heavy atom. The molecule has 3 heterocycles. The summed E-state index contributed by atoms with van der Waals surface area (Å²) >= 11 is 0. The molecule has 4 rings (SSSR count). The van der Waals surface area contributed by atoms with Gasteiger partial charge in [0.2, 0.25) is 0 Å². The average Bonchev–Trinajstić information content (AvgIpc) is 3.34. The third kappa shape index (κ3) is 2.95. The maximum absolute atomic E-state index is 11.8. The molecule has 1 aromatic carbocycles. The van der Waals surface area contributed by atoms with E-state index in [0.717, 1.165) is 11.1 Å². The lowest BCUT2D eigenvalue weighted by molar-refractivity contribution is -0.142. The van der Waals surface area contributed by atoms with Crippen molar-refractivity contribution in [1.82, 2.24) is 20.5 Å². The molecular weight excluding hydrogens is 348 g/mol. The molecule has 1 aliphatic heterocycles. The summed E-state index contributed by atoms with van der Waals surface area (Å²) in [4.78, 5) is 20.1. The fourth-order valence-electron chi connectivity index (χ4n) is 3.41. The molecule has 9 heteroatoms. The Kier molecular flexibility index (Phi) is 4.38. The van der Waals surface area contributed by atoms with Crippen molar-refractivity contribution in [3.05, 3.63) is 46.9 Å². The molecule has 2 aromatic heterocycles. The molecule has 0 fully saturated rings. The molecule has 0 aliphatic carbocycles. The number of aliphatic imine (C=N–C) groups is 1. The van der Waals surface area contributed by atoms with Crippen molar-refractivity contribution in [2.75, 3.05) is 6.61 Å². The van der Waals surface area contributed by atoms with Crippen molar-refractivity contribution in [2.45, 2.75) is 31.7 Å². The Hall–Kier alpha value is -3.54. The van der Waals surface area contributed by atoms with Gasteiger partial charge in [0.1, 0.15) is 16.7 Å². The van der Waals surface area contributed by atoms with Gasteiger partial charge in [0.05, 0.1) is 25.1 Å². The molecule has 1 N–H and O–H groups in total. The lowest BCUT2D eigenvalue weighted by Crippen LogP contribution is -2.29. The summed E-state index contributed by atoms with van der Waals surface area (Å²) in [5.74, 6) is -0.0487. The van der Waals surface area contributed by atoms with Crippen LogP contribution >= 0.6 is 0 Å². The van der Waals surface area contributed by atoms with Gasteiger partial charge in [0.25, 0.3) is 6.04 Å². The molecule has 0 saturated carbocycles. The highest BCUT2D eigenvalue weighted by Crippen LogP contribution is 2.41. The van der Waals surface area contributed by atoms with Gasteiger partial charge in [-0.1, -0.05) is 12.1 Å². The van der Waals surface area contributed by atoms with Gasteiger partial charge in [-0.05, 0) is 28.9 Å². The highest BCUT2D eigenvalue weighted by atomic mass is 16.6. The van der Waals surface area contributed by atoms with Gasteiger partial charge in [-0.25, -0.2) is 16.2 Å². The minimum Gasteiger partial charge on any atom is -0.466 e. The zero-order valence-corrected chi connectivity index (χ0v) is 14.5. The summed E-state index contributed by atoms with van der Waals surface area (Å²) in [5.41, 5.74) is 3.48. The van der Waals surface area contributed by atoms with Gasteiger partial charge in [-0.15, -0.1) is 0 Å². The van der Waals surface area contributed by atoms with E-state index in [9.17, 15) is 4.79 Å². The quantitative estimate of drug-likeness (QED) is 0.550. The van der Waals surface area contributed by atoms with E-state index in [1.54, 1.807) is 19.2 Å². The van der Waals surface area contributed by atoms with E-state index in [2.05, 4.69) is 30.3 Å². The maximum atomic E-state index is 11.8. The number of nitrogens with zero attached hydrogens (tertiary/aromatic N) is 5. The summed E-state index contributed by atoms with van der Waals surface area (Å²) in [6.45, 7) is 9.86. The van der Waals surface area contributed by atoms with Crippen LogP contribution in [0.25, 0.3) is 15.9 Å². The van der Waals surface area contributed by atoms with Crippen molar-refractivity contribution in [3.8, 4) is 0 Å². The second-order valence-electron chi connectivity index (χ2n) is 6.11. The molecule has 2 unspecified atom stereocenters. The number of H-pyrrole nitrogens is 1. The van der Waals surface area contributed by atoms with Crippen LogP contribution in [0.5, 0.6) is 0 Å². The van der Waals surface area contributed by atoms with Gasteiger partial charge in [-0.2, -0.15) is 5.10 Å². The van der Waals surface area contributed by atoms with Crippen LogP contribution in [0.2, 0.25) is 0 Å². The lowest BCUT2D eigenvalue weighted by atomic mass is 9.81. The zero-order valence-electron chi connectivity index (χ0n) is 14.5. The Morgan fingerprint density at radius 2 is 2.26 bits per heavy atom. The summed E-state index contributed by atoms with van der Waals surface area (Å²) in [6, 6.07) is 4.98. The second kappa shape index (κ2) is 6.99. The highest BCUT2D eigenvalue weighted by Gasteiger charge is 2.41. The van der Waals surface area contributed by atoms with E-state index in [1.807, 2.05) is 12.1 Å². The SMILES string of the molecule is [C-]#[N+]C1C(CCC(=O)OCC)=Nc2[nH]ncc2C1c1cccc2nonc12. The van der Waals surface area contributed by atoms with E-state index in [4.69, 9.17) is 15.9 Å². The molecular formula is C18H16N6O3. The smallest absolute Gasteiger partial charge is 0.306 e. The van der Waals surface area contributed by atoms with Gasteiger partial charge in [0.15, 0.2) is 5.82 Å². The van der Waals surface area contributed by atoms with Gasteiger partial charge in [0, 0.05) is 12.0 Å². The van der Waals surface area contributed by atoms with Crippen LogP contribution in [-0.2, 0) is 9.53 Å². The molecule has 0 spiro atoms. The summed E-state index contributed by atoms with van der Waals surface area (Å²) in [6.07, 6.45) is 2.19. The van der Waals surface area contributed by atoms with E-state index in [1.165, 1.54) is 0 Å². The first kappa shape index (κ1) is 16.9. The Balaban J connectivity index is 1.76. The molecule has 0 bridgehead atoms. The molecule has 3 aromatic rings. The highest BCUT2D eigenvalue weighted by molar-refractivity contribution is 5.98. The fourth-order valence-corrected chi connectivity index (χ4v) is 3.41. The molecule has 27 heavy (non-hydrogen) atoms. The number of rotatable bonds is 5. The normalized spacial score (nSPS) is 18.6. The first-order chi connectivity index (χ1) is 13.2. The monoisotopic (exact) mass is 364 g/mol. The summed E-state index contributed by atoms with van der Waals surface area (Å²) in [7, 11) is 0. The van der Waals surface area contributed by atoms with Gasteiger partial charge >= 0.3 is 5.97 Å². The largest absolute Gasteiger partial charge is 0.466 e. The number of hydrogen-bond acceptors (Lipinski definition) is 7. The standard InChI is InChI=1S/C18H16N6O3/c1-3-26-14(25)8-7-12-17(19-2)15(11-9-20-22-18(11)21-12)10-5-4-6-13-16(10)24-27-23-13/h4-6,9,15,17H,3,7-8H2,1H3,(H,20,22). The van der Waals surface area contributed by atoms with Crippen LogP contribution < -0.4 is 0 Å². The summed E-state index contributed by atoms with van der Waals surface area (Å²) < 4.78 is 9.87. The Morgan fingerprint density at radius 3 is 3.07 bits per heavy atom. The number of carbonyl (C=O) groups excluding carboxylic acids is 1. The molecule has 9 nitrogen and oxygen atoms in total. The molecule has 0 radical (unpaired) electrons. The number of esters is 1. The third-order valence-electron chi connectivity index (χ3n) is 4.58. The van der Waals surface area contributed by atoms with Crippen LogP contribution in [0, 0.1) is 6.57 Å². The van der Waals surface area contributed by atoms with Crippen LogP contribution in [0.4, 0.5) is 5.82 Å². The van der Waals surface area contributed by atoms with Crippen LogP contribution in [0.15, 0.2) is 34.0 Å². The summed E-state index contributed by atoms with van der Waals surface area (Å²) in [5, 5.41) is 14.9. The third-order valence-corrected chi connectivity index (χ3v) is 4.58. The number of nitrogens with one attached hydrogen (secondary N) is 1. The van der Waals surface area contributed by atoms with Crippen molar-refractivity contribution < 1.29 is 14.2 Å². The number of hydrogen-bond donors (Lipinski definition) is 1. The number of aromatic nitrogens is 4. The number of carbonyl (C=O) groups is 1. The van der Waals surface area contributed by atoms with Crippen LogP contribution in [-0.4, -0.2) is 44.8 Å². The van der Waals surface area contributed by atoms with Gasteiger partial charge < -0.3 is 9.58 Å². The zero-order chi connectivity index (χ0) is 18.8. The average molecular weight is 364 g/mol. The van der Waals surface area contributed by atoms with E-state index in [-0.39, 0.29) is 18.3 Å². The Labute approximate surface area is 154 Å². The molecule has 136 valence electrons. The van der Waals surface area contributed by atoms with Crippen molar-refractivity contribution in [3.63, 3.8) is 0 Å². The second-order valence-corrected chi connectivity index (χ2v) is 6.11. The first-order valence-corrected chi connectivity index (χ1v) is 8.57. The number of aromatic amines is 1. The maximum Gasteiger partial charge on any atom is 0.306 e. The minimum absolute atomic E-state index is 0.171. The van der Waals surface area contributed by atoms with E-state index < -0.39 is 6.04 Å². The van der Waals surface area contributed by atoms with Crippen LogP contribution in [0.1, 0.15) is 36.8 Å². The topological polar surface area (TPSA) is 111 Å². The number of fused-ring (bicyclic) bond motifs is 2. The van der Waals surface area contributed by atoms with Crippen molar-refractivity contribution >= 4 is 28.5 Å². The minimum atomic E-state index is -0.577. The van der Waals surface area contributed by atoms with Crippen LogP contribution in [0.3, 0.4) is 0 Å². The van der Waals surface area contributed by atoms with Crippen molar-refractivity contribution in [2.24, 2.45) is 4.99 Å². The van der Waals surface area contributed by atoms with Gasteiger partial charge in [-0.3, -0.25) is 9.89 Å². The molecule has 0 amide bonds. The molecule has 0 saturated heterocycles. The molecule has 2 atom stereocenters. The fraction of sp³-hybridized carbons (Fsp3) is 0.333. The number of benzene rings is 1. The lowest BCUT2D eigenvalue weighted by Gasteiger charge is -2.23. The predicted molar refractivity (Wildman–Crippen MR) is 95.6 cm³/mol. The number of ether oxygens (including phenoxy) is 1. The van der Waals surface area contributed by atoms with E-state index >= 15 is 0 Å². The van der Waals surface area contributed by atoms with Crippen molar-refractivity contribution in [1.29, 1.82) is 0 Å². The first-order valence-electron chi connectivity index (χ1n) is 8.57. The van der Waals surface area contributed by atoms with E-state index in [0.29, 0.717) is 35.6 Å². The molecule has 1 aliphatic rings. The predicted octanol–water partition coefficient (Wildman–Crippen LogP) is 2.80. The Bertz CT molecular complexity index is 1060.